The van der Waals surface area contributed by atoms with Crippen molar-refractivity contribution in [1.29, 1.82) is 0 Å². The number of phenols is 1. The predicted octanol–water partition coefficient (Wildman–Crippen LogP) is 3.22. The van der Waals surface area contributed by atoms with Crippen molar-refractivity contribution in [3.05, 3.63) is 78.4 Å². The molecular formula is C19H21FN4O. The summed E-state index contributed by atoms with van der Waals surface area (Å²) in [6.45, 7) is 2.87. The van der Waals surface area contributed by atoms with Crippen molar-refractivity contribution in [1.82, 2.24) is 19.4 Å². The topological polar surface area (TPSA) is 54.2 Å². The van der Waals surface area contributed by atoms with Crippen molar-refractivity contribution >= 4 is 0 Å². The molecule has 0 unspecified atom stereocenters. The summed E-state index contributed by atoms with van der Waals surface area (Å²) in [5.41, 5.74) is 1.73. The number of hydrogen-bond donors (Lipinski definition) is 1. The molecule has 130 valence electrons. The smallest absolute Gasteiger partial charge is 0.123 e. The summed E-state index contributed by atoms with van der Waals surface area (Å²) in [4.78, 5) is 10.3. The van der Waals surface area contributed by atoms with Crippen LogP contribution in [-0.4, -0.2) is 31.1 Å². The maximum absolute atomic E-state index is 13.5. The summed E-state index contributed by atoms with van der Waals surface area (Å²) < 4.78 is 15.5. The van der Waals surface area contributed by atoms with Gasteiger partial charge in [0.05, 0.1) is 6.33 Å². The highest BCUT2D eigenvalue weighted by atomic mass is 19.1. The second-order valence-corrected chi connectivity index (χ2v) is 5.99. The fraction of sp³-hybridized carbons (Fsp3) is 0.263. The average Bonchev–Trinajstić information content (AvgIpc) is 3.12. The molecule has 0 saturated heterocycles. The van der Waals surface area contributed by atoms with Crippen molar-refractivity contribution in [2.75, 3.05) is 6.54 Å². The van der Waals surface area contributed by atoms with Gasteiger partial charge in [-0.05, 0) is 42.3 Å². The van der Waals surface area contributed by atoms with Crippen molar-refractivity contribution in [2.45, 2.75) is 26.1 Å². The molecule has 0 radical (unpaired) electrons. The lowest BCUT2D eigenvalue weighted by atomic mass is 10.1. The lowest BCUT2D eigenvalue weighted by Gasteiger charge is -2.23. The van der Waals surface area contributed by atoms with Crippen LogP contribution in [0.15, 0.2) is 61.4 Å². The highest BCUT2D eigenvalue weighted by Crippen LogP contribution is 2.21. The second kappa shape index (κ2) is 8.39. The Morgan fingerprint density at radius 1 is 1.04 bits per heavy atom. The Morgan fingerprint density at radius 3 is 2.64 bits per heavy atom. The minimum absolute atomic E-state index is 0.121. The Hall–Kier alpha value is -2.73. The third-order valence-electron chi connectivity index (χ3n) is 4.04. The highest BCUT2D eigenvalue weighted by Gasteiger charge is 2.11. The van der Waals surface area contributed by atoms with Gasteiger partial charge < -0.3 is 9.67 Å². The monoisotopic (exact) mass is 340 g/mol. The van der Waals surface area contributed by atoms with Crippen LogP contribution in [0.1, 0.15) is 17.5 Å². The summed E-state index contributed by atoms with van der Waals surface area (Å²) in [5, 5.41) is 10.0. The van der Waals surface area contributed by atoms with Crippen molar-refractivity contribution in [3.63, 3.8) is 0 Å². The average molecular weight is 340 g/mol. The van der Waals surface area contributed by atoms with Crippen LogP contribution in [0.3, 0.4) is 0 Å². The van der Waals surface area contributed by atoms with Gasteiger partial charge in [-0.25, -0.2) is 9.37 Å². The molecule has 5 nitrogen and oxygen atoms in total. The number of rotatable bonds is 8. The van der Waals surface area contributed by atoms with Gasteiger partial charge in [-0.2, -0.15) is 0 Å². The minimum Gasteiger partial charge on any atom is -0.508 e. The Morgan fingerprint density at radius 2 is 1.88 bits per heavy atom. The third-order valence-corrected chi connectivity index (χ3v) is 4.04. The number of aromatic nitrogens is 3. The molecule has 0 bridgehead atoms. The van der Waals surface area contributed by atoms with E-state index >= 15 is 0 Å². The van der Waals surface area contributed by atoms with Gasteiger partial charge >= 0.3 is 0 Å². The van der Waals surface area contributed by atoms with Crippen molar-refractivity contribution in [2.24, 2.45) is 0 Å². The van der Waals surface area contributed by atoms with Gasteiger partial charge in [0.1, 0.15) is 11.6 Å². The van der Waals surface area contributed by atoms with Crippen LogP contribution in [-0.2, 0) is 19.6 Å². The van der Waals surface area contributed by atoms with Crippen LogP contribution in [0.5, 0.6) is 5.75 Å². The molecule has 25 heavy (non-hydrogen) atoms. The van der Waals surface area contributed by atoms with Gasteiger partial charge in [0, 0.05) is 56.5 Å². The maximum atomic E-state index is 13.5. The second-order valence-electron chi connectivity index (χ2n) is 5.99. The first kappa shape index (κ1) is 17.1. The summed E-state index contributed by atoms with van der Waals surface area (Å²) in [6.07, 6.45) is 9.95. The molecular weight excluding hydrogens is 319 g/mol. The Kier molecular flexibility index (Phi) is 5.74. The number of nitrogens with zero attached hydrogens (tertiary/aromatic N) is 4. The van der Waals surface area contributed by atoms with Crippen LogP contribution in [0.2, 0.25) is 0 Å². The van der Waals surface area contributed by atoms with Gasteiger partial charge in [0.15, 0.2) is 0 Å². The molecule has 2 heterocycles. The zero-order valence-corrected chi connectivity index (χ0v) is 13.9. The molecule has 0 fully saturated rings. The van der Waals surface area contributed by atoms with Crippen molar-refractivity contribution < 1.29 is 9.50 Å². The molecule has 0 spiro atoms. The van der Waals surface area contributed by atoms with Gasteiger partial charge in [0.25, 0.3) is 0 Å². The standard InChI is InChI=1S/C19H21FN4O/c20-18-2-3-19(25)17(12-18)14-24(13-16-4-6-21-7-5-16)10-1-9-23-11-8-22-15-23/h2-8,11-12,15,25H,1,9-10,13-14H2. The molecule has 1 aromatic carbocycles. The van der Waals surface area contributed by atoms with Gasteiger partial charge in [-0.3, -0.25) is 9.88 Å². The first-order valence-electron chi connectivity index (χ1n) is 8.25. The molecule has 0 atom stereocenters. The number of phenolic OH excluding ortho intramolecular Hbond substituents is 1. The Balaban J connectivity index is 1.67. The van der Waals surface area contributed by atoms with E-state index in [-0.39, 0.29) is 11.6 Å². The zero-order valence-electron chi connectivity index (χ0n) is 13.9. The van der Waals surface area contributed by atoms with E-state index in [1.165, 1.54) is 18.2 Å². The summed E-state index contributed by atoms with van der Waals surface area (Å²) in [6, 6.07) is 8.00. The predicted molar refractivity (Wildman–Crippen MR) is 93.3 cm³/mol. The summed E-state index contributed by atoms with van der Waals surface area (Å²) >= 11 is 0. The molecule has 3 rings (SSSR count). The lowest BCUT2D eigenvalue weighted by Crippen LogP contribution is -2.25. The zero-order chi connectivity index (χ0) is 17.5. The van der Waals surface area contributed by atoms with E-state index in [1.54, 1.807) is 24.9 Å². The largest absolute Gasteiger partial charge is 0.508 e. The number of pyridine rings is 1. The van der Waals surface area contributed by atoms with E-state index in [9.17, 15) is 9.50 Å². The highest BCUT2D eigenvalue weighted by molar-refractivity contribution is 5.32. The first-order chi connectivity index (χ1) is 12.2. The fourth-order valence-corrected chi connectivity index (χ4v) is 2.78. The van der Waals surface area contributed by atoms with Crippen LogP contribution >= 0.6 is 0 Å². The van der Waals surface area contributed by atoms with E-state index in [0.717, 1.165) is 25.1 Å². The number of aryl methyl sites for hydroxylation is 1. The van der Waals surface area contributed by atoms with Crippen LogP contribution in [0.4, 0.5) is 4.39 Å². The maximum Gasteiger partial charge on any atom is 0.123 e. The van der Waals surface area contributed by atoms with Gasteiger partial charge in [0.2, 0.25) is 0 Å². The van der Waals surface area contributed by atoms with E-state index in [0.29, 0.717) is 18.7 Å². The number of hydrogen-bond acceptors (Lipinski definition) is 4. The van der Waals surface area contributed by atoms with Crippen molar-refractivity contribution in [3.8, 4) is 5.75 Å². The normalized spacial score (nSPS) is 11.1. The first-order valence-corrected chi connectivity index (χ1v) is 8.25. The van der Waals surface area contributed by atoms with Gasteiger partial charge in [-0.15, -0.1) is 0 Å². The van der Waals surface area contributed by atoms with E-state index in [2.05, 4.69) is 14.9 Å². The molecule has 0 aliphatic carbocycles. The Labute approximate surface area is 146 Å². The molecule has 1 N–H and O–H groups in total. The van der Waals surface area contributed by atoms with Crippen LogP contribution in [0.25, 0.3) is 0 Å². The number of imidazole rings is 1. The van der Waals surface area contributed by atoms with Crippen LogP contribution in [0, 0.1) is 5.82 Å². The molecule has 3 aromatic rings. The number of halogens is 1. The SMILES string of the molecule is Oc1ccc(F)cc1CN(CCCn1ccnc1)Cc1ccncc1. The third kappa shape index (κ3) is 5.12. The van der Waals surface area contributed by atoms with Crippen LogP contribution < -0.4 is 0 Å². The lowest BCUT2D eigenvalue weighted by molar-refractivity contribution is 0.245. The van der Waals surface area contributed by atoms with E-state index < -0.39 is 0 Å². The summed E-state index contributed by atoms with van der Waals surface area (Å²) in [7, 11) is 0. The molecule has 2 aromatic heterocycles. The summed E-state index contributed by atoms with van der Waals surface area (Å²) in [5.74, 6) is -0.217. The van der Waals surface area contributed by atoms with E-state index in [1.807, 2.05) is 22.9 Å². The molecule has 0 aliphatic heterocycles. The van der Waals surface area contributed by atoms with Gasteiger partial charge in [-0.1, -0.05) is 0 Å². The molecule has 6 heteroatoms. The number of benzene rings is 1. The molecule has 0 aliphatic rings. The molecule has 0 saturated carbocycles. The Bertz CT molecular complexity index is 777. The molecule has 0 amide bonds. The number of aromatic hydroxyl groups is 1. The fourth-order valence-electron chi connectivity index (χ4n) is 2.78. The minimum atomic E-state index is -0.338. The van der Waals surface area contributed by atoms with E-state index in [4.69, 9.17) is 0 Å². The quantitative estimate of drug-likeness (QED) is 0.684.